The van der Waals surface area contributed by atoms with Crippen LogP contribution in [0, 0.1) is 22.7 Å². The molecule has 1 aromatic heterocycles. The summed E-state index contributed by atoms with van der Waals surface area (Å²) < 4.78 is 38.8. The summed E-state index contributed by atoms with van der Waals surface area (Å²) in [4.78, 5) is 14.6. The fourth-order valence-corrected chi connectivity index (χ4v) is 2.79. The van der Waals surface area contributed by atoms with Gasteiger partial charge in [0.25, 0.3) is 5.82 Å². The summed E-state index contributed by atoms with van der Waals surface area (Å²) >= 11 is 0.885. The lowest BCUT2D eigenvalue weighted by atomic mass is 10.1. The van der Waals surface area contributed by atoms with Gasteiger partial charge < -0.3 is 5.32 Å². The maximum atomic E-state index is 12.9. The lowest BCUT2D eigenvalue weighted by Gasteiger charge is -2.13. The number of hydrogen-bond acceptors (Lipinski definition) is 5. The summed E-state index contributed by atoms with van der Waals surface area (Å²) in [6.45, 7) is 0. The molecule has 0 atom stereocenters. The van der Waals surface area contributed by atoms with Crippen molar-refractivity contribution in [3.63, 3.8) is 0 Å². The molecule has 0 aliphatic rings. The molecule has 2 aromatic rings. The summed E-state index contributed by atoms with van der Waals surface area (Å²) in [6.07, 6.45) is -4.60. The molecule has 4 N–H and O–H groups in total. The molecule has 2 rings (SSSR count). The van der Waals surface area contributed by atoms with E-state index < -0.39 is 17.6 Å². The molecule has 0 saturated heterocycles. The van der Waals surface area contributed by atoms with Crippen molar-refractivity contribution in [2.75, 3.05) is 16.8 Å². The average Bonchev–Trinajstić information content (AvgIpc) is 2.59. The maximum Gasteiger partial charge on any atom is 0.418 e. The first-order valence-corrected chi connectivity index (χ1v) is 7.99. The highest BCUT2D eigenvalue weighted by atomic mass is 32.2. The number of nitrogen functional groups attached to an aromatic ring is 1. The normalized spacial score (nSPS) is 10.7. The second kappa shape index (κ2) is 7.76. The molecule has 0 aliphatic heterocycles. The number of rotatable bonds is 4. The second-order valence-electron chi connectivity index (χ2n) is 4.94. The molecular weight excluding hydrogens is 367 g/mol. The molecule has 0 aliphatic carbocycles. The average molecular weight is 378 g/mol. The quantitative estimate of drug-likeness (QED) is 0.793. The molecule has 1 amide bonds. The number of nitriles is 2. The van der Waals surface area contributed by atoms with Gasteiger partial charge in [-0.1, -0.05) is 23.9 Å². The summed E-state index contributed by atoms with van der Waals surface area (Å²) in [5.41, 5.74) is 4.50. The Morgan fingerprint density at radius 2 is 1.88 bits per heavy atom. The summed E-state index contributed by atoms with van der Waals surface area (Å²) in [5.74, 6) is -0.924. The molecule has 132 valence electrons. The number of nitrogens with two attached hydrogens (primary N) is 1. The van der Waals surface area contributed by atoms with Crippen molar-refractivity contribution < 1.29 is 22.9 Å². The number of halogens is 3. The third-order valence-corrected chi connectivity index (χ3v) is 4.18. The van der Waals surface area contributed by atoms with Crippen LogP contribution in [-0.4, -0.2) is 11.7 Å². The molecule has 0 radical (unpaired) electrons. The van der Waals surface area contributed by atoms with Crippen molar-refractivity contribution >= 4 is 29.2 Å². The van der Waals surface area contributed by atoms with Crippen molar-refractivity contribution in [1.29, 1.82) is 10.5 Å². The van der Waals surface area contributed by atoms with Crippen LogP contribution in [0.25, 0.3) is 0 Å². The van der Waals surface area contributed by atoms with Crippen LogP contribution in [0.4, 0.5) is 24.7 Å². The number of nitrogens with zero attached hydrogens (tertiary/aromatic N) is 2. The summed E-state index contributed by atoms with van der Waals surface area (Å²) in [5, 5.41) is 20.4. The van der Waals surface area contributed by atoms with Crippen LogP contribution in [0.5, 0.6) is 0 Å². The molecule has 0 unspecified atom stereocenters. The highest BCUT2D eigenvalue weighted by molar-refractivity contribution is 7.99. The van der Waals surface area contributed by atoms with Gasteiger partial charge in [-0.3, -0.25) is 10.5 Å². The highest BCUT2D eigenvalue weighted by Crippen LogP contribution is 2.34. The maximum absolute atomic E-state index is 12.9. The monoisotopic (exact) mass is 378 g/mol. The van der Waals surface area contributed by atoms with Gasteiger partial charge in [0.1, 0.15) is 23.3 Å². The summed E-state index contributed by atoms with van der Waals surface area (Å²) in [6, 6.07) is 9.56. The largest absolute Gasteiger partial charge is 0.418 e. The zero-order valence-electron chi connectivity index (χ0n) is 13.0. The molecule has 1 aromatic carbocycles. The number of benzene rings is 1. The molecular formula is C16H11F3N5OS+. The molecule has 0 spiro atoms. The van der Waals surface area contributed by atoms with Gasteiger partial charge in [-0.15, -0.1) is 0 Å². The predicted octanol–water partition coefficient (Wildman–Crippen LogP) is 2.58. The zero-order chi connectivity index (χ0) is 19.3. The van der Waals surface area contributed by atoms with E-state index in [1.807, 2.05) is 12.1 Å². The lowest BCUT2D eigenvalue weighted by molar-refractivity contribution is -0.410. The van der Waals surface area contributed by atoms with E-state index in [0.29, 0.717) is 0 Å². The molecule has 10 heteroatoms. The first-order chi connectivity index (χ1) is 12.3. The Hall–Kier alpha value is -3.24. The summed E-state index contributed by atoms with van der Waals surface area (Å²) in [7, 11) is 0. The SMILES string of the molecule is N#Cc1cc(C#N)c(SCC(=O)Nc2ccccc2C(F)(F)F)[nH+]c1N. The molecule has 26 heavy (non-hydrogen) atoms. The van der Waals surface area contributed by atoms with E-state index in [4.69, 9.17) is 16.3 Å². The minimum Gasteiger partial charge on any atom is -0.325 e. The predicted molar refractivity (Wildman–Crippen MR) is 87.6 cm³/mol. The number of aromatic nitrogens is 1. The minimum absolute atomic E-state index is 0.0248. The van der Waals surface area contributed by atoms with Crippen molar-refractivity contribution in [2.24, 2.45) is 0 Å². The van der Waals surface area contributed by atoms with E-state index in [0.717, 1.165) is 23.9 Å². The van der Waals surface area contributed by atoms with Crippen molar-refractivity contribution in [3.05, 3.63) is 47.0 Å². The van der Waals surface area contributed by atoms with Gasteiger partial charge >= 0.3 is 6.18 Å². The van der Waals surface area contributed by atoms with Crippen LogP contribution in [0.3, 0.4) is 0 Å². The topological polar surface area (TPSA) is 117 Å². The van der Waals surface area contributed by atoms with Gasteiger partial charge in [0, 0.05) is 0 Å². The fraction of sp³-hybridized carbons (Fsp3) is 0.125. The fourth-order valence-electron chi connectivity index (χ4n) is 2.00. The van der Waals surface area contributed by atoms with Crippen molar-refractivity contribution in [1.82, 2.24) is 0 Å². The molecule has 0 saturated carbocycles. The number of carbonyl (C=O) groups excluding carboxylic acids is 1. The van der Waals surface area contributed by atoms with Gasteiger partial charge in [-0.2, -0.15) is 23.7 Å². The van der Waals surface area contributed by atoms with E-state index in [9.17, 15) is 18.0 Å². The van der Waals surface area contributed by atoms with Crippen molar-refractivity contribution in [3.8, 4) is 12.1 Å². The Balaban J connectivity index is 2.13. The first-order valence-electron chi connectivity index (χ1n) is 7.01. The minimum atomic E-state index is -4.60. The third kappa shape index (κ3) is 4.43. The Morgan fingerprint density at radius 3 is 2.50 bits per heavy atom. The Morgan fingerprint density at radius 1 is 1.23 bits per heavy atom. The van der Waals surface area contributed by atoms with Crippen LogP contribution in [0.2, 0.25) is 0 Å². The van der Waals surface area contributed by atoms with E-state index in [2.05, 4.69) is 10.3 Å². The number of H-pyrrole nitrogens is 1. The van der Waals surface area contributed by atoms with E-state index >= 15 is 0 Å². The molecule has 1 heterocycles. The Labute approximate surface area is 150 Å². The third-order valence-electron chi connectivity index (χ3n) is 3.17. The van der Waals surface area contributed by atoms with Crippen LogP contribution in [-0.2, 0) is 11.0 Å². The molecule has 6 nitrogen and oxygen atoms in total. The molecule has 0 fully saturated rings. The number of thioether (sulfide) groups is 1. The van der Waals surface area contributed by atoms with Crippen LogP contribution >= 0.6 is 11.8 Å². The van der Waals surface area contributed by atoms with E-state index in [-0.39, 0.29) is 33.4 Å². The standard InChI is InChI=1S/C16H10F3N5OS/c17-16(18,19)11-3-1-2-4-12(11)23-13(25)8-26-15-10(7-21)5-9(6-20)14(22)24-15/h1-5H,8H2,(H2,22,24)(H,23,25)/p+1. The number of carbonyl (C=O) groups is 1. The van der Waals surface area contributed by atoms with E-state index in [1.54, 1.807) is 0 Å². The van der Waals surface area contributed by atoms with Crippen LogP contribution < -0.4 is 16.0 Å². The van der Waals surface area contributed by atoms with Gasteiger partial charge in [-0.25, -0.2) is 4.98 Å². The number of pyridine rings is 1. The number of para-hydroxylation sites is 1. The first kappa shape index (κ1) is 19.1. The Kier molecular flexibility index (Phi) is 5.70. The van der Waals surface area contributed by atoms with Gasteiger partial charge in [-0.05, 0) is 18.2 Å². The van der Waals surface area contributed by atoms with Gasteiger partial charge in [0.15, 0.2) is 5.03 Å². The number of amides is 1. The van der Waals surface area contributed by atoms with Crippen LogP contribution in [0.15, 0.2) is 35.4 Å². The van der Waals surface area contributed by atoms with Crippen molar-refractivity contribution in [2.45, 2.75) is 11.2 Å². The number of nitrogens with one attached hydrogen (secondary N) is 2. The van der Waals surface area contributed by atoms with Gasteiger partial charge in [0.05, 0.1) is 17.0 Å². The van der Waals surface area contributed by atoms with Gasteiger partial charge in [0.2, 0.25) is 5.91 Å². The Bertz CT molecular complexity index is 931. The zero-order valence-corrected chi connectivity index (χ0v) is 13.8. The second-order valence-corrected chi connectivity index (χ2v) is 5.93. The smallest absolute Gasteiger partial charge is 0.325 e. The van der Waals surface area contributed by atoms with Crippen LogP contribution in [0.1, 0.15) is 16.7 Å². The number of aromatic amines is 1. The highest BCUT2D eigenvalue weighted by Gasteiger charge is 2.33. The number of hydrogen-bond donors (Lipinski definition) is 2. The lowest BCUT2D eigenvalue weighted by Crippen LogP contribution is -2.21. The number of anilines is 2. The number of alkyl halides is 3. The molecule has 0 bridgehead atoms. The van der Waals surface area contributed by atoms with E-state index in [1.165, 1.54) is 18.2 Å².